The van der Waals surface area contributed by atoms with Crippen molar-refractivity contribution >= 4 is 23.2 Å². The highest BCUT2D eigenvalue weighted by Crippen LogP contribution is 2.23. The summed E-state index contributed by atoms with van der Waals surface area (Å²) in [5.41, 5.74) is 0.620. The third kappa shape index (κ3) is 4.20. The predicted octanol–water partition coefficient (Wildman–Crippen LogP) is 2.98. The minimum atomic E-state index is -0.126. The van der Waals surface area contributed by atoms with E-state index >= 15 is 0 Å². The Kier molecular flexibility index (Phi) is 5.34. The molecule has 4 rings (SSSR count). The molecule has 3 aromatic rings. The van der Waals surface area contributed by atoms with Crippen molar-refractivity contribution < 1.29 is 14.3 Å². The zero-order valence-corrected chi connectivity index (χ0v) is 15.9. The van der Waals surface area contributed by atoms with Gasteiger partial charge in [-0.1, -0.05) is 24.3 Å². The Hall–Kier alpha value is -3.19. The number of rotatable bonds is 6. The molecule has 2 amide bonds. The Labute approximate surface area is 166 Å². The molecule has 0 bridgehead atoms. The van der Waals surface area contributed by atoms with Gasteiger partial charge in [0.15, 0.2) is 0 Å². The number of benzene rings is 1. The molecule has 1 aliphatic rings. The van der Waals surface area contributed by atoms with Crippen molar-refractivity contribution in [1.29, 1.82) is 0 Å². The van der Waals surface area contributed by atoms with E-state index in [1.165, 1.54) is 11.3 Å². The van der Waals surface area contributed by atoms with Gasteiger partial charge in [-0.25, -0.2) is 4.98 Å². The lowest BCUT2D eigenvalue weighted by Gasteiger charge is -2.38. The predicted molar refractivity (Wildman–Crippen MR) is 106 cm³/mol. The summed E-state index contributed by atoms with van der Waals surface area (Å²) >= 11 is 1.40. The standard InChI is InChI=1S/C21H19N3O3S/c25-20(15-6-2-1-3-7-15)23-12-17-9-10-18(28-17)21(26)24-13-16(14-24)27-19-8-4-5-11-22-19/h1-11,16H,12-14H2,(H,23,25). The average Bonchev–Trinajstić information content (AvgIpc) is 3.19. The van der Waals surface area contributed by atoms with Gasteiger partial charge in [0.05, 0.1) is 24.5 Å². The molecule has 2 aromatic heterocycles. The Balaban J connectivity index is 1.26. The molecule has 0 spiro atoms. The van der Waals surface area contributed by atoms with Crippen molar-refractivity contribution in [3.05, 3.63) is 82.2 Å². The van der Waals surface area contributed by atoms with Crippen LogP contribution in [-0.4, -0.2) is 40.9 Å². The Morgan fingerprint density at radius 3 is 2.61 bits per heavy atom. The molecule has 0 radical (unpaired) electrons. The summed E-state index contributed by atoms with van der Waals surface area (Å²) in [7, 11) is 0. The van der Waals surface area contributed by atoms with Crippen LogP contribution in [0.5, 0.6) is 5.88 Å². The third-order valence-electron chi connectivity index (χ3n) is 4.39. The SMILES string of the molecule is O=C(NCc1ccc(C(=O)N2CC(Oc3ccccn3)C2)s1)c1ccccc1. The number of hydrogen-bond donors (Lipinski definition) is 1. The van der Waals surface area contributed by atoms with Crippen molar-refractivity contribution in [2.45, 2.75) is 12.6 Å². The van der Waals surface area contributed by atoms with E-state index < -0.39 is 0 Å². The van der Waals surface area contributed by atoms with Crippen molar-refractivity contribution in [3.63, 3.8) is 0 Å². The zero-order chi connectivity index (χ0) is 19.3. The maximum absolute atomic E-state index is 12.6. The number of pyridine rings is 1. The fourth-order valence-electron chi connectivity index (χ4n) is 2.87. The second kappa shape index (κ2) is 8.22. The molecule has 7 heteroatoms. The number of carbonyl (C=O) groups excluding carboxylic acids is 2. The van der Waals surface area contributed by atoms with Gasteiger partial charge in [0.2, 0.25) is 5.88 Å². The molecule has 1 aliphatic heterocycles. The third-order valence-corrected chi connectivity index (χ3v) is 5.47. The molecule has 6 nitrogen and oxygen atoms in total. The molecular formula is C21H19N3O3S. The fraction of sp³-hybridized carbons (Fsp3) is 0.190. The second-order valence-corrected chi connectivity index (χ2v) is 7.60. The number of thiophene rings is 1. The summed E-state index contributed by atoms with van der Waals surface area (Å²) in [4.78, 5) is 32.2. The number of carbonyl (C=O) groups is 2. The highest BCUT2D eigenvalue weighted by atomic mass is 32.1. The molecule has 0 saturated carbocycles. The van der Waals surface area contributed by atoms with Crippen molar-refractivity contribution in [1.82, 2.24) is 15.2 Å². The summed E-state index contributed by atoms with van der Waals surface area (Å²) < 4.78 is 5.73. The Morgan fingerprint density at radius 1 is 1.07 bits per heavy atom. The van der Waals surface area contributed by atoms with Gasteiger partial charge in [-0.15, -0.1) is 11.3 Å². The quantitative estimate of drug-likeness (QED) is 0.699. The monoisotopic (exact) mass is 393 g/mol. The minimum Gasteiger partial charge on any atom is -0.471 e. The number of nitrogens with one attached hydrogen (secondary N) is 1. The van der Waals surface area contributed by atoms with E-state index in [4.69, 9.17) is 4.74 Å². The van der Waals surface area contributed by atoms with Crippen LogP contribution in [-0.2, 0) is 6.54 Å². The first-order valence-electron chi connectivity index (χ1n) is 8.98. The first kappa shape index (κ1) is 18.2. The number of nitrogens with zero attached hydrogens (tertiary/aromatic N) is 2. The zero-order valence-electron chi connectivity index (χ0n) is 15.1. The number of amides is 2. The van der Waals surface area contributed by atoms with Crippen molar-refractivity contribution in [3.8, 4) is 5.88 Å². The van der Waals surface area contributed by atoms with Gasteiger partial charge in [-0.2, -0.15) is 0 Å². The number of likely N-dealkylation sites (tertiary alicyclic amines) is 1. The highest BCUT2D eigenvalue weighted by Gasteiger charge is 2.33. The molecular weight excluding hydrogens is 374 g/mol. The molecule has 0 aliphatic carbocycles. The van der Waals surface area contributed by atoms with Crippen LogP contribution in [0.3, 0.4) is 0 Å². The number of aromatic nitrogens is 1. The van der Waals surface area contributed by atoms with E-state index in [0.29, 0.717) is 36.0 Å². The largest absolute Gasteiger partial charge is 0.471 e. The van der Waals surface area contributed by atoms with Gasteiger partial charge in [0.1, 0.15) is 6.10 Å². The lowest BCUT2D eigenvalue weighted by molar-refractivity contribution is 0.0164. The molecule has 1 aromatic carbocycles. The lowest BCUT2D eigenvalue weighted by atomic mass is 10.1. The van der Waals surface area contributed by atoms with E-state index in [2.05, 4.69) is 10.3 Å². The normalized spacial score (nSPS) is 13.6. The number of hydrogen-bond acceptors (Lipinski definition) is 5. The lowest BCUT2D eigenvalue weighted by Crippen LogP contribution is -2.56. The van der Waals surface area contributed by atoms with Crippen molar-refractivity contribution in [2.75, 3.05) is 13.1 Å². The van der Waals surface area contributed by atoms with Gasteiger partial charge >= 0.3 is 0 Å². The molecule has 0 atom stereocenters. The van der Waals surface area contributed by atoms with Gasteiger partial charge in [0.25, 0.3) is 11.8 Å². The van der Waals surface area contributed by atoms with Crippen LogP contribution >= 0.6 is 11.3 Å². The molecule has 1 fully saturated rings. The van der Waals surface area contributed by atoms with Gasteiger partial charge < -0.3 is 15.0 Å². The van der Waals surface area contributed by atoms with Crippen molar-refractivity contribution in [2.24, 2.45) is 0 Å². The van der Waals surface area contributed by atoms with Crippen LogP contribution < -0.4 is 10.1 Å². The summed E-state index contributed by atoms with van der Waals surface area (Å²) in [6, 6.07) is 18.3. The smallest absolute Gasteiger partial charge is 0.264 e. The topological polar surface area (TPSA) is 71.5 Å². The van der Waals surface area contributed by atoms with Gasteiger partial charge in [-0.05, 0) is 30.3 Å². The first-order chi connectivity index (χ1) is 13.7. The Morgan fingerprint density at radius 2 is 1.86 bits per heavy atom. The summed E-state index contributed by atoms with van der Waals surface area (Å²) in [5.74, 6) is 0.442. The molecule has 142 valence electrons. The van der Waals surface area contributed by atoms with E-state index in [9.17, 15) is 9.59 Å². The van der Waals surface area contributed by atoms with Gasteiger partial charge in [0, 0.05) is 22.7 Å². The molecule has 1 N–H and O–H groups in total. The van der Waals surface area contributed by atoms with Crippen LogP contribution in [0.2, 0.25) is 0 Å². The van der Waals surface area contributed by atoms with Crippen LogP contribution in [0.1, 0.15) is 24.9 Å². The van der Waals surface area contributed by atoms with E-state index in [1.54, 1.807) is 29.3 Å². The van der Waals surface area contributed by atoms with Crippen LogP contribution in [0.15, 0.2) is 66.9 Å². The summed E-state index contributed by atoms with van der Waals surface area (Å²) in [6.45, 7) is 1.50. The maximum atomic E-state index is 12.6. The minimum absolute atomic E-state index is 0.00786. The highest BCUT2D eigenvalue weighted by molar-refractivity contribution is 7.14. The average molecular weight is 393 g/mol. The van der Waals surface area contributed by atoms with Crippen LogP contribution in [0, 0.1) is 0 Å². The summed E-state index contributed by atoms with van der Waals surface area (Å²) in [5, 5.41) is 2.88. The molecule has 0 unspecified atom stereocenters. The first-order valence-corrected chi connectivity index (χ1v) is 9.79. The fourth-order valence-corrected chi connectivity index (χ4v) is 3.78. The second-order valence-electron chi connectivity index (χ2n) is 6.43. The Bertz CT molecular complexity index is 953. The van der Waals surface area contributed by atoms with Crippen LogP contribution in [0.25, 0.3) is 0 Å². The maximum Gasteiger partial charge on any atom is 0.264 e. The molecule has 1 saturated heterocycles. The number of ether oxygens (including phenoxy) is 1. The molecule has 28 heavy (non-hydrogen) atoms. The summed E-state index contributed by atoms with van der Waals surface area (Å²) in [6.07, 6.45) is 1.66. The van der Waals surface area contributed by atoms with Gasteiger partial charge in [-0.3, -0.25) is 9.59 Å². The van der Waals surface area contributed by atoms with Crippen LogP contribution in [0.4, 0.5) is 0 Å². The van der Waals surface area contributed by atoms with E-state index in [0.717, 1.165) is 4.88 Å². The van der Waals surface area contributed by atoms with E-state index in [-0.39, 0.29) is 17.9 Å². The molecule has 3 heterocycles. The van der Waals surface area contributed by atoms with E-state index in [1.807, 2.05) is 42.5 Å².